The van der Waals surface area contributed by atoms with Gasteiger partial charge in [0.1, 0.15) is 5.76 Å². The van der Waals surface area contributed by atoms with Crippen LogP contribution in [0.3, 0.4) is 0 Å². The molecule has 0 aliphatic carbocycles. The van der Waals surface area contributed by atoms with E-state index in [2.05, 4.69) is 10.5 Å². The van der Waals surface area contributed by atoms with Gasteiger partial charge in [0.15, 0.2) is 20.9 Å². The average Bonchev–Trinajstić information content (AvgIpc) is 2.99. The van der Waals surface area contributed by atoms with E-state index in [0.717, 1.165) is 11.1 Å². The van der Waals surface area contributed by atoms with Gasteiger partial charge in [-0.1, -0.05) is 64.8 Å². The molecule has 1 aromatic heterocycles. The Bertz CT molecular complexity index is 1070. The van der Waals surface area contributed by atoms with E-state index in [0.29, 0.717) is 16.9 Å². The lowest BCUT2D eigenvalue weighted by Gasteiger charge is -2.17. The summed E-state index contributed by atoms with van der Waals surface area (Å²) in [6.07, 6.45) is 0. The van der Waals surface area contributed by atoms with Crippen molar-refractivity contribution >= 4 is 21.6 Å². The van der Waals surface area contributed by atoms with E-state index in [1.54, 1.807) is 37.3 Å². The number of carbonyl (C=O) groups excluding carboxylic acids is 1. The van der Waals surface area contributed by atoms with Gasteiger partial charge in [-0.3, -0.25) is 4.79 Å². The smallest absolute Gasteiger partial charge is 0.248 e. The molecule has 0 bridgehead atoms. The number of hydrogen-bond acceptors (Lipinski definition) is 5. The Hall–Kier alpha value is -2.93. The molecule has 6 nitrogen and oxygen atoms in total. The molecule has 28 heavy (non-hydrogen) atoms. The predicted octanol–water partition coefficient (Wildman–Crippen LogP) is 3.89. The lowest BCUT2D eigenvalue weighted by molar-refractivity contribution is -0.116. The lowest BCUT2D eigenvalue weighted by atomic mass is 10.1. The zero-order valence-corrected chi connectivity index (χ0v) is 16.8. The van der Waals surface area contributed by atoms with E-state index >= 15 is 0 Å². The van der Waals surface area contributed by atoms with Gasteiger partial charge in [0.2, 0.25) is 5.91 Å². The van der Waals surface area contributed by atoms with Crippen LogP contribution in [0.15, 0.2) is 59.1 Å². The summed E-state index contributed by atoms with van der Waals surface area (Å²) < 4.78 is 31.5. The van der Waals surface area contributed by atoms with Crippen LogP contribution in [0.5, 0.6) is 0 Å². The monoisotopic (exact) mass is 398 g/mol. The summed E-state index contributed by atoms with van der Waals surface area (Å²) in [6.45, 7) is 5.52. The van der Waals surface area contributed by atoms with Crippen LogP contribution < -0.4 is 5.32 Å². The Morgan fingerprint density at radius 3 is 2.25 bits per heavy atom. The maximum absolute atomic E-state index is 13.3. The Morgan fingerprint density at radius 2 is 1.68 bits per heavy atom. The second-order valence-electron chi connectivity index (χ2n) is 6.91. The van der Waals surface area contributed by atoms with Gasteiger partial charge in [-0.25, -0.2) is 8.42 Å². The highest BCUT2D eigenvalue weighted by Crippen LogP contribution is 2.28. The molecule has 146 valence electrons. The molecule has 0 fully saturated rings. The fourth-order valence-corrected chi connectivity index (χ4v) is 4.99. The number of sulfone groups is 1. The van der Waals surface area contributed by atoms with Crippen LogP contribution in [0, 0.1) is 20.8 Å². The third-order valence-electron chi connectivity index (χ3n) is 4.23. The molecule has 0 spiro atoms. The van der Waals surface area contributed by atoms with Gasteiger partial charge in [-0.2, -0.15) is 0 Å². The fraction of sp³-hybridized carbons (Fsp3) is 0.238. The Morgan fingerprint density at radius 1 is 1.04 bits per heavy atom. The highest BCUT2D eigenvalue weighted by atomic mass is 32.2. The molecule has 1 heterocycles. The fourth-order valence-electron chi connectivity index (χ4n) is 3.23. The van der Waals surface area contributed by atoms with Gasteiger partial charge in [0.05, 0.1) is 5.75 Å². The molecule has 3 aromatic rings. The Kier molecular flexibility index (Phi) is 5.65. The maximum Gasteiger partial charge on any atom is 0.248 e. The molecular formula is C21H22N2O4S. The van der Waals surface area contributed by atoms with Crippen LogP contribution in [0.25, 0.3) is 0 Å². The van der Waals surface area contributed by atoms with Crippen molar-refractivity contribution in [3.63, 3.8) is 0 Å². The van der Waals surface area contributed by atoms with E-state index < -0.39 is 21.0 Å². The van der Waals surface area contributed by atoms with Crippen molar-refractivity contribution in [1.82, 2.24) is 5.16 Å². The number of amides is 1. The van der Waals surface area contributed by atoms with Crippen molar-refractivity contribution in [3.05, 3.63) is 82.6 Å². The minimum absolute atomic E-state index is 0.185. The first kappa shape index (κ1) is 19.8. The number of nitrogens with one attached hydrogen (secondary N) is 1. The molecule has 0 aliphatic rings. The molecule has 2 aromatic carbocycles. The largest absolute Gasteiger partial charge is 0.360 e. The SMILES string of the molecule is Cc1cc(C)cc(CS(=O)(=O)C(C(=O)Nc2cc(C)on2)c2ccccc2)c1. The lowest BCUT2D eigenvalue weighted by Crippen LogP contribution is -2.29. The van der Waals surface area contributed by atoms with Crippen LogP contribution in [-0.4, -0.2) is 19.5 Å². The van der Waals surface area contributed by atoms with Crippen molar-refractivity contribution in [2.24, 2.45) is 0 Å². The van der Waals surface area contributed by atoms with Gasteiger partial charge >= 0.3 is 0 Å². The summed E-state index contributed by atoms with van der Waals surface area (Å²) in [6, 6.07) is 15.6. The number of aromatic nitrogens is 1. The highest BCUT2D eigenvalue weighted by molar-refractivity contribution is 7.91. The molecule has 1 amide bonds. The number of carbonyl (C=O) groups is 1. The standard InChI is InChI=1S/C21H22N2O4S/c1-14-9-15(2)11-17(10-14)13-28(25,26)20(18-7-5-4-6-8-18)21(24)22-19-12-16(3)27-23-19/h4-12,20H,13H2,1-3H3,(H,22,23,24). The first-order chi connectivity index (χ1) is 13.2. The number of nitrogens with zero attached hydrogens (tertiary/aromatic N) is 1. The van der Waals surface area contributed by atoms with Gasteiger partial charge in [-0.15, -0.1) is 0 Å². The molecule has 1 unspecified atom stereocenters. The number of rotatable bonds is 6. The van der Waals surface area contributed by atoms with Crippen LogP contribution in [0.2, 0.25) is 0 Å². The van der Waals surface area contributed by atoms with Gasteiger partial charge in [0.25, 0.3) is 0 Å². The second-order valence-corrected chi connectivity index (χ2v) is 8.99. The Labute approximate surface area is 164 Å². The normalized spacial score (nSPS) is 12.5. The molecule has 7 heteroatoms. The molecule has 1 N–H and O–H groups in total. The summed E-state index contributed by atoms with van der Waals surface area (Å²) in [4.78, 5) is 12.9. The number of hydrogen-bond donors (Lipinski definition) is 1. The van der Waals surface area contributed by atoms with Crippen LogP contribution in [0.1, 0.15) is 33.3 Å². The third-order valence-corrected chi connectivity index (χ3v) is 6.17. The second kappa shape index (κ2) is 7.98. The molecule has 0 saturated heterocycles. The molecule has 3 rings (SSSR count). The summed E-state index contributed by atoms with van der Waals surface area (Å²) >= 11 is 0. The molecule has 0 radical (unpaired) electrons. The van der Waals surface area contributed by atoms with Crippen molar-refractivity contribution in [1.29, 1.82) is 0 Å². The average molecular weight is 398 g/mol. The Balaban J connectivity index is 1.96. The molecular weight excluding hydrogens is 376 g/mol. The van der Waals surface area contributed by atoms with Crippen molar-refractivity contribution < 1.29 is 17.7 Å². The summed E-state index contributed by atoms with van der Waals surface area (Å²) in [5, 5.41) is 4.92. The minimum atomic E-state index is -3.84. The zero-order valence-electron chi connectivity index (χ0n) is 16.0. The van der Waals surface area contributed by atoms with E-state index in [-0.39, 0.29) is 11.6 Å². The first-order valence-electron chi connectivity index (χ1n) is 8.82. The topological polar surface area (TPSA) is 89.3 Å². The summed E-state index contributed by atoms with van der Waals surface area (Å²) in [5.41, 5.74) is 3.01. The van der Waals surface area contributed by atoms with E-state index in [1.807, 2.05) is 32.0 Å². The van der Waals surface area contributed by atoms with Crippen LogP contribution in [0.4, 0.5) is 5.82 Å². The summed E-state index contributed by atoms with van der Waals surface area (Å²) in [5.74, 6) is -0.195. The van der Waals surface area contributed by atoms with Gasteiger partial charge in [-0.05, 0) is 31.9 Å². The van der Waals surface area contributed by atoms with Gasteiger partial charge < -0.3 is 9.84 Å². The molecule has 0 saturated carbocycles. The molecule has 0 aliphatic heterocycles. The zero-order chi connectivity index (χ0) is 20.3. The van der Waals surface area contributed by atoms with Crippen molar-refractivity contribution in [2.45, 2.75) is 31.8 Å². The van der Waals surface area contributed by atoms with Crippen LogP contribution in [-0.2, 0) is 20.4 Å². The van der Waals surface area contributed by atoms with E-state index in [9.17, 15) is 13.2 Å². The minimum Gasteiger partial charge on any atom is -0.360 e. The highest BCUT2D eigenvalue weighted by Gasteiger charge is 2.34. The number of benzene rings is 2. The van der Waals surface area contributed by atoms with Crippen LogP contribution >= 0.6 is 0 Å². The number of aryl methyl sites for hydroxylation is 3. The van der Waals surface area contributed by atoms with Crippen molar-refractivity contribution in [2.75, 3.05) is 5.32 Å². The van der Waals surface area contributed by atoms with Crippen molar-refractivity contribution in [3.8, 4) is 0 Å². The maximum atomic E-state index is 13.3. The molecule has 1 atom stereocenters. The number of anilines is 1. The quantitative estimate of drug-likeness (QED) is 0.680. The van der Waals surface area contributed by atoms with E-state index in [1.165, 1.54) is 6.07 Å². The summed E-state index contributed by atoms with van der Waals surface area (Å²) in [7, 11) is -3.84. The van der Waals surface area contributed by atoms with Gasteiger partial charge in [0, 0.05) is 6.07 Å². The third kappa shape index (κ3) is 4.67. The first-order valence-corrected chi connectivity index (χ1v) is 10.5. The predicted molar refractivity (Wildman–Crippen MR) is 108 cm³/mol. The van der Waals surface area contributed by atoms with E-state index in [4.69, 9.17) is 4.52 Å².